The lowest BCUT2D eigenvalue weighted by molar-refractivity contribution is -0.142. The fourth-order valence-corrected chi connectivity index (χ4v) is 3.67. The fraction of sp³-hybridized carbons (Fsp3) is 0.571. The van der Waals surface area contributed by atoms with Crippen molar-refractivity contribution in [3.8, 4) is 0 Å². The first-order valence-corrected chi connectivity index (χ1v) is 9.86. The molecule has 0 aliphatic carbocycles. The average Bonchev–Trinajstić information content (AvgIpc) is 3.10. The lowest BCUT2D eigenvalue weighted by atomic mass is 9.92. The lowest BCUT2D eigenvalue weighted by Gasteiger charge is -2.30. The number of imide groups is 1. The third-order valence-electron chi connectivity index (χ3n) is 5.37. The minimum absolute atomic E-state index is 0.0717. The molecule has 2 saturated heterocycles. The van der Waals surface area contributed by atoms with Crippen LogP contribution in [0.2, 0.25) is 0 Å². The summed E-state index contributed by atoms with van der Waals surface area (Å²) in [5.74, 6) is -0.926. The molecule has 0 N–H and O–H groups in total. The van der Waals surface area contributed by atoms with Crippen molar-refractivity contribution in [1.29, 1.82) is 0 Å². The number of hydrogen-bond acceptors (Lipinski definition) is 5. The second-order valence-corrected chi connectivity index (χ2v) is 7.68. The van der Waals surface area contributed by atoms with Gasteiger partial charge in [-0.2, -0.15) is 0 Å². The minimum atomic E-state index is -0.611. The molecule has 1 aromatic rings. The van der Waals surface area contributed by atoms with E-state index in [1.807, 2.05) is 44.2 Å². The van der Waals surface area contributed by atoms with Gasteiger partial charge in [0.05, 0.1) is 25.2 Å². The number of carbonyl (C=O) groups is 3. The van der Waals surface area contributed by atoms with E-state index >= 15 is 0 Å². The van der Waals surface area contributed by atoms with Crippen LogP contribution < -0.4 is 0 Å². The Balaban J connectivity index is 1.79. The van der Waals surface area contributed by atoms with Crippen LogP contribution in [0, 0.1) is 11.8 Å². The highest BCUT2D eigenvalue weighted by atomic mass is 16.6. The molecule has 0 spiro atoms. The molecule has 152 valence electrons. The van der Waals surface area contributed by atoms with Gasteiger partial charge in [0.2, 0.25) is 11.8 Å². The van der Waals surface area contributed by atoms with Crippen molar-refractivity contribution in [3.63, 3.8) is 0 Å². The number of ether oxygens (including phenoxy) is 2. The Morgan fingerprint density at radius 2 is 1.82 bits per heavy atom. The van der Waals surface area contributed by atoms with E-state index in [1.165, 1.54) is 4.90 Å². The van der Waals surface area contributed by atoms with Crippen molar-refractivity contribution >= 4 is 17.9 Å². The second kappa shape index (κ2) is 9.19. The molecule has 7 nitrogen and oxygen atoms in total. The molecule has 0 saturated carbocycles. The maximum Gasteiger partial charge on any atom is 0.416 e. The average molecular weight is 388 g/mol. The summed E-state index contributed by atoms with van der Waals surface area (Å²) in [7, 11) is 0. The van der Waals surface area contributed by atoms with Crippen molar-refractivity contribution < 1.29 is 23.9 Å². The lowest BCUT2D eigenvalue weighted by Crippen LogP contribution is -2.47. The van der Waals surface area contributed by atoms with E-state index in [0.717, 1.165) is 5.56 Å². The molecule has 2 aliphatic heterocycles. The summed E-state index contributed by atoms with van der Waals surface area (Å²) in [5, 5.41) is 0. The number of hydrogen-bond donors (Lipinski definition) is 0. The number of nitrogens with zero attached hydrogens (tertiary/aromatic N) is 2. The highest BCUT2D eigenvalue weighted by Gasteiger charge is 2.42. The summed E-state index contributed by atoms with van der Waals surface area (Å²) in [4.78, 5) is 41.3. The molecule has 0 radical (unpaired) electrons. The van der Waals surface area contributed by atoms with Crippen LogP contribution in [-0.2, 0) is 25.5 Å². The van der Waals surface area contributed by atoms with Gasteiger partial charge in [-0.3, -0.25) is 9.59 Å². The van der Waals surface area contributed by atoms with Crippen molar-refractivity contribution in [2.75, 3.05) is 32.9 Å². The summed E-state index contributed by atoms with van der Waals surface area (Å²) in [5.41, 5.74) is 0.962. The number of benzene rings is 1. The van der Waals surface area contributed by atoms with Crippen LogP contribution in [0.25, 0.3) is 0 Å². The van der Waals surface area contributed by atoms with Gasteiger partial charge in [0.15, 0.2) is 0 Å². The van der Waals surface area contributed by atoms with Crippen LogP contribution in [0.4, 0.5) is 4.79 Å². The first-order chi connectivity index (χ1) is 13.5. The molecule has 2 aliphatic rings. The number of cyclic esters (lactones) is 1. The highest BCUT2D eigenvalue weighted by Crippen LogP contribution is 2.25. The smallest absolute Gasteiger partial charge is 0.416 e. The van der Waals surface area contributed by atoms with Gasteiger partial charge in [0, 0.05) is 19.5 Å². The molecule has 0 bridgehead atoms. The topological polar surface area (TPSA) is 76.2 Å². The van der Waals surface area contributed by atoms with Gasteiger partial charge < -0.3 is 14.4 Å². The predicted octanol–water partition coefficient (Wildman–Crippen LogP) is 2.10. The van der Waals surface area contributed by atoms with E-state index in [2.05, 4.69) is 0 Å². The highest BCUT2D eigenvalue weighted by molar-refractivity contribution is 5.96. The Morgan fingerprint density at radius 1 is 1.14 bits per heavy atom. The maximum atomic E-state index is 13.3. The molecular weight excluding hydrogens is 360 g/mol. The van der Waals surface area contributed by atoms with Gasteiger partial charge in [-0.1, -0.05) is 44.2 Å². The molecule has 2 heterocycles. The molecule has 3 amide bonds. The van der Waals surface area contributed by atoms with E-state index in [0.29, 0.717) is 32.7 Å². The normalized spacial score (nSPS) is 21.0. The van der Waals surface area contributed by atoms with Gasteiger partial charge in [-0.05, 0) is 17.9 Å². The fourth-order valence-electron chi connectivity index (χ4n) is 3.67. The summed E-state index contributed by atoms with van der Waals surface area (Å²) in [6.07, 6.45) is -0.132. The van der Waals surface area contributed by atoms with Crippen LogP contribution in [0.15, 0.2) is 30.3 Å². The van der Waals surface area contributed by atoms with E-state index in [-0.39, 0.29) is 36.8 Å². The van der Waals surface area contributed by atoms with E-state index in [4.69, 9.17) is 9.47 Å². The zero-order valence-corrected chi connectivity index (χ0v) is 16.5. The quantitative estimate of drug-likeness (QED) is 0.746. The zero-order chi connectivity index (χ0) is 20.1. The van der Waals surface area contributed by atoms with Gasteiger partial charge >= 0.3 is 6.09 Å². The monoisotopic (exact) mass is 388 g/mol. The Kier molecular flexibility index (Phi) is 6.67. The Labute approximate surface area is 165 Å². The van der Waals surface area contributed by atoms with E-state index < -0.39 is 12.0 Å². The second-order valence-electron chi connectivity index (χ2n) is 7.68. The Hall–Kier alpha value is -2.41. The first kappa shape index (κ1) is 20.3. The molecule has 1 aromatic carbocycles. The third-order valence-corrected chi connectivity index (χ3v) is 5.37. The molecule has 28 heavy (non-hydrogen) atoms. The minimum Gasteiger partial charge on any atom is -0.447 e. The molecule has 0 unspecified atom stereocenters. The molecule has 2 fully saturated rings. The van der Waals surface area contributed by atoms with Crippen LogP contribution in [0.5, 0.6) is 0 Å². The first-order valence-electron chi connectivity index (χ1n) is 9.86. The Morgan fingerprint density at radius 3 is 2.46 bits per heavy atom. The summed E-state index contributed by atoms with van der Waals surface area (Å²) >= 11 is 0. The van der Waals surface area contributed by atoms with Gasteiger partial charge in [0.25, 0.3) is 0 Å². The van der Waals surface area contributed by atoms with Crippen LogP contribution in [-0.4, -0.2) is 66.7 Å². The number of amides is 3. The van der Waals surface area contributed by atoms with Gasteiger partial charge in [-0.15, -0.1) is 0 Å². The van der Waals surface area contributed by atoms with E-state index in [9.17, 15) is 14.4 Å². The SMILES string of the molecule is CC(C)[C@H]1COC(=O)N1C(=O)[C@@H](CC(=O)N1CCOCC1)Cc1ccccc1. The van der Waals surface area contributed by atoms with Crippen molar-refractivity contribution in [1.82, 2.24) is 9.80 Å². The molecule has 0 aromatic heterocycles. The largest absolute Gasteiger partial charge is 0.447 e. The van der Waals surface area contributed by atoms with E-state index in [1.54, 1.807) is 4.90 Å². The third kappa shape index (κ3) is 4.70. The predicted molar refractivity (Wildman–Crippen MR) is 102 cm³/mol. The van der Waals surface area contributed by atoms with Crippen LogP contribution in [0.3, 0.4) is 0 Å². The standard InChI is InChI=1S/C21H28N2O5/c1-15(2)18-14-28-21(26)23(18)20(25)17(12-16-6-4-3-5-7-16)13-19(24)22-8-10-27-11-9-22/h3-7,15,17-18H,8-14H2,1-2H3/t17-,18-/m1/s1. The zero-order valence-electron chi connectivity index (χ0n) is 16.5. The maximum absolute atomic E-state index is 13.3. The number of rotatable bonds is 6. The Bertz CT molecular complexity index is 700. The van der Waals surface area contributed by atoms with Crippen LogP contribution in [0.1, 0.15) is 25.8 Å². The van der Waals surface area contributed by atoms with Crippen LogP contribution >= 0.6 is 0 Å². The summed E-state index contributed by atoms with van der Waals surface area (Å²) in [6.45, 7) is 6.21. The summed E-state index contributed by atoms with van der Waals surface area (Å²) < 4.78 is 10.4. The molecule has 7 heteroatoms. The van der Waals surface area contributed by atoms with Gasteiger partial charge in [0.1, 0.15) is 6.61 Å². The summed E-state index contributed by atoms with van der Waals surface area (Å²) in [6, 6.07) is 9.29. The molecule has 2 atom stereocenters. The number of morpholine rings is 1. The number of carbonyl (C=O) groups excluding carboxylic acids is 3. The van der Waals surface area contributed by atoms with Crippen molar-refractivity contribution in [3.05, 3.63) is 35.9 Å². The molecule has 3 rings (SSSR count). The van der Waals surface area contributed by atoms with Crippen molar-refractivity contribution in [2.24, 2.45) is 11.8 Å². The van der Waals surface area contributed by atoms with Crippen molar-refractivity contribution in [2.45, 2.75) is 32.7 Å². The van der Waals surface area contributed by atoms with Gasteiger partial charge in [-0.25, -0.2) is 9.69 Å². The molecular formula is C21H28N2O5.